The maximum absolute atomic E-state index is 5.61. The smallest absolute Gasteiger partial charge is 0.0944 e. The highest BCUT2D eigenvalue weighted by Gasteiger charge is 2.23. The van der Waals surface area contributed by atoms with E-state index in [1.807, 2.05) is 0 Å². The van der Waals surface area contributed by atoms with Gasteiger partial charge in [0, 0.05) is 50.5 Å². The molecule has 0 unspecified atom stereocenters. The molecule has 21 heavy (non-hydrogen) atoms. The van der Waals surface area contributed by atoms with Gasteiger partial charge in [0.1, 0.15) is 0 Å². The van der Waals surface area contributed by atoms with Gasteiger partial charge in [-0.25, -0.2) is 0 Å². The molecule has 0 aliphatic carbocycles. The van der Waals surface area contributed by atoms with Crippen molar-refractivity contribution in [2.45, 2.75) is 25.9 Å². The van der Waals surface area contributed by atoms with Crippen LogP contribution in [0.5, 0.6) is 0 Å². The summed E-state index contributed by atoms with van der Waals surface area (Å²) in [5.41, 5.74) is 8.93. The van der Waals surface area contributed by atoms with E-state index in [2.05, 4.69) is 66.5 Å². The van der Waals surface area contributed by atoms with Crippen LogP contribution in [-0.4, -0.2) is 31.1 Å². The van der Waals surface area contributed by atoms with Crippen molar-refractivity contribution in [3.63, 3.8) is 0 Å². The number of nitrogens with two attached hydrogens (primary N) is 1. The summed E-state index contributed by atoms with van der Waals surface area (Å²) in [5.74, 6) is 0.953. The van der Waals surface area contributed by atoms with E-state index in [-0.39, 0.29) is 0 Å². The standard InChI is InChI=1S/C17H26N4/c1-13(18)9-10-19-15(3)21-12-16-7-5-6-8-17(16)20(4)11-14(21)2/h5-8,14,19H,1,3,9-12,18H2,2,4H3/t14-/m1/s1. The number of fused-ring (bicyclic) bond motifs is 1. The summed E-state index contributed by atoms with van der Waals surface area (Å²) >= 11 is 0. The molecule has 0 spiro atoms. The van der Waals surface area contributed by atoms with Gasteiger partial charge in [-0.15, -0.1) is 0 Å². The third kappa shape index (κ3) is 3.72. The largest absolute Gasteiger partial charge is 0.402 e. The van der Waals surface area contributed by atoms with Gasteiger partial charge in [-0.2, -0.15) is 0 Å². The number of rotatable bonds is 5. The summed E-state index contributed by atoms with van der Waals surface area (Å²) < 4.78 is 0. The van der Waals surface area contributed by atoms with Crippen LogP contribution < -0.4 is 16.0 Å². The van der Waals surface area contributed by atoms with E-state index in [1.165, 1.54) is 11.3 Å². The molecule has 0 radical (unpaired) electrons. The minimum absolute atomic E-state index is 0.392. The third-order valence-electron chi connectivity index (χ3n) is 3.94. The molecule has 2 rings (SSSR count). The van der Waals surface area contributed by atoms with E-state index in [9.17, 15) is 0 Å². The molecule has 1 aliphatic heterocycles. The highest BCUT2D eigenvalue weighted by Crippen LogP contribution is 2.27. The fourth-order valence-corrected chi connectivity index (χ4v) is 2.78. The van der Waals surface area contributed by atoms with Crippen molar-refractivity contribution >= 4 is 5.69 Å². The Hall–Kier alpha value is -2.10. The number of anilines is 1. The Morgan fingerprint density at radius 1 is 1.38 bits per heavy atom. The molecule has 1 heterocycles. The van der Waals surface area contributed by atoms with E-state index in [1.54, 1.807) is 0 Å². The fraction of sp³-hybridized carbons (Fsp3) is 0.412. The Labute approximate surface area is 127 Å². The molecular weight excluding hydrogens is 260 g/mol. The van der Waals surface area contributed by atoms with Crippen molar-refractivity contribution in [1.29, 1.82) is 0 Å². The van der Waals surface area contributed by atoms with Crippen LogP contribution >= 0.6 is 0 Å². The normalized spacial score (nSPS) is 17.9. The molecule has 1 aromatic carbocycles. The molecule has 0 amide bonds. The van der Waals surface area contributed by atoms with Crippen molar-refractivity contribution in [3.05, 3.63) is 54.5 Å². The third-order valence-corrected chi connectivity index (χ3v) is 3.94. The first-order valence-corrected chi connectivity index (χ1v) is 7.40. The quantitative estimate of drug-likeness (QED) is 0.871. The van der Waals surface area contributed by atoms with E-state index >= 15 is 0 Å². The first-order valence-electron chi connectivity index (χ1n) is 7.40. The molecule has 1 atom stereocenters. The molecule has 1 aliphatic rings. The zero-order chi connectivity index (χ0) is 15.4. The molecule has 0 fully saturated rings. The molecule has 4 heteroatoms. The Kier molecular flexibility index (Phi) is 4.78. The summed E-state index contributed by atoms with van der Waals surface area (Å²) in [6, 6.07) is 8.94. The molecule has 0 saturated heterocycles. The second-order valence-corrected chi connectivity index (χ2v) is 5.77. The highest BCUT2D eigenvalue weighted by molar-refractivity contribution is 5.54. The van der Waals surface area contributed by atoms with Crippen LogP contribution in [0.3, 0.4) is 0 Å². The summed E-state index contributed by atoms with van der Waals surface area (Å²) in [6.07, 6.45) is 0.762. The Bertz CT molecular complexity index is 523. The SMILES string of the molecule is C=C(N)CCNC(=C)N1Cc2ccccc2N(C)C[C@H]1C. The lowest BCUT2D eigenvalue weighted by atomic mass is 10.1. The lowest BCUT2D eigenvalue weighted by molar-refractivity contribution is 0.252. The van der Waals surface area contributed by atoms with E-state index < -0.39 is 0 Å². The number of nitrogens with one attached hydrogen (secondary N) is 1. The van der Waals surface area contributed by atoms with Crippen LogP contribution in [0.1, 0.15) is 18.9 Å². The van der Waals surface area contributed by atoms with Crippen LogP contribution in [0.25, 0.3) is 0 Å². The predicted molar refractivity (Wildman–Crippen MR) is 89.8 cm³/mol. The summed E-state index contributed by atoms with van der Waals surface area (Å²) in [4.78, 5) is 4.64. The molecule has 0 aromatic heterocycles. The summed E-state index contributed by atoms with van der Waals surface area (Å²) in [5, 5.41) is 3.36. The number of hydrogen-bond donors (Lipinski definition) is 2. The molecule has 114 valence electrons. The minimum Gasteiger partial charge on any atom is -0.402 e. The van der Waals surface area contributed by atoms with Gasteiger partial charge >= 0.3 is 0 Å². The van der Waals surface area contributed by atoms with Crippen molar-refractivity contribution in [2.24, 2.45) is 5.73 Å². The number of benzene rings is 1. The van der Waals surface area contributed by atoms with E-state index in [4.69, 9.17) is 5.73 Å². The van der Waals surface area contributed by atoms with Crippen molar-refractivity contribution in [3.8, 4) is 0 Å². The second-order valence-electron chi connectivity index (χ2n) is 5.77. The fourth-order valence-electron chi connectivity index (χ4n) is 2.78. The monoisotopic (exact) mass is 286 g/mol. The zero-order valence-corrected chi connectivity index (χ0v) is 13.1. The maximum atomic E-state index is 5.61. The van der Waals surface area contributed by atoms with Gasteiger partial charge in [-0.05, 0) is 18.6 Å². The lowest BCUT2D eigenvalue weighted by Gasteiger charge is -2.32. The van der Waals surface area contributed by atoms with Gasteiger partial charge in [0.15, 0.2) is 0 Å². The van der Waals surface area contributed by atoms with Crippen molar-refractivity contribution in [1.82, 2.24) is 10.2 Å². The number of para-hydroxylation sites is 1. The molecule has 0 bridgehead atoms. The lowest BCUT2D eigenvalue weighted by Crippen LogP contribution is -2.41. The molecule has 4 nitrogen and oxygen atoms in total. The van der Waals surface area contributed by atoms with Crippen LogP contribution in [0.15, 0.2) is 48.9 Å². The number of likely N-dealkylation sites (N-methyl/N-ethyl adjacent to an activating group) is 1. The Morgan fingerprint density at radius 2 is 2.10 bits per heavy atom. The molecular formula is C17H26N4. The van der Waals surface area contributed by atoms with Gasteiger partial charge < -0.3 is 20.9 Å². The first kappa shape index (κ1) is 15.3. The first-order chi connectivity index (χ1) is 9.99. The van der Waals surface area contributed by atoms with Gasteiger partial charge in [0.2, 0.25) is 0 Å². The summed E-state index contributed by atoms with van der Waals surface area (Å²) in [6.45, 7) is 12.8. The predicted octanol–water partition coefficient (Wildman–Crippen LogP) is 2.25. The van der Waals surface area contributed by atoms with Gasteiger partial charge in [-0.3, -0.25) is 0 Å². The van der Waals surface area contributed by atoms with Crippen LogP contribution in [-0.2, 0) is 6.54 Å². The van der Waals surface area contributed by atoms with Crippen LogP contribution in [0.4, 0.5) is 5.69 Å². The van der Waals surface area contributed by atoms with Crippen LogP contribution in [0, 0.1) is 0 Å². The summed E-state index contributed by atoms with van der Waals surface area (Å²) in [7, 11) is 2.15. The van der Waals surface area contributed by atoms with E-state index in [0.717, 1.165) is 31.9 Å². The van der Waals surface area contributed by atoms with Crippen LogP contribution in [0.2, 0.25) is 0 Å². The number of nitrogens with zero attached hydrogens (tertiary/aromatic N) is 2. The van der Waals surface area contributed by atoms with Crippen molar-refractivity contribution in [2.75, 3.05) is 25.0 Å². The highest BCUT2D eigenvalue weighted by atomic mass is 15.3. The molecule has 1 aromatic rings. The van der Waals surface area contributed by atoms with Crippen molar-refractivity contribution < 1.29 is 0 Å². The van der Waals surface area contributed by atoms with Gasteiger partial charge in [-0.1, -0.05) is 31.4 Å². The zero-order valence-electron chi connectivity index (χ0n) is 13.1. The minimum atomic E-state index is 0.392. The maximum Gasteiger partial charge on any atom is 0.0944 e. The van der Waals surface area contributed by atoms with Gasteiger partial charge in [0.25, 0.3) is 0 Å². The second kappa shape index (κ2) is 6.57. The van der Waals surface area contributed by atoms with Gasteiger partial charge in [0.05, 0.1) is 5.82 Å². The molecule has 0 saturated carbocycles. The Morgan fingerprint density at radius 3 is 2.81 bits per heavy atom. The van der Waals surface area contributed by atoms with E-state index in [0.29, 0.717) is 11.7 Å². The topological polar surface area (TPSA) is 44.5 Å². The average Bonchev–Trinajstić information content (AvgIpc) is 2.56. The average molecular weight is 286 g/mol. The Balaban J connectivity index is 2.09. The number of hydrogen-bond acceptors (Lipinski definition) is 4. The molecule has 3 N–H and O–H groups in total.